The first-order valence-electron chi connectivity index (χ1n) is 6.40. The van der Waals surface area contributed by atoms with Gasteiger partial charge in [-0.1, -0.05) is 18.5 Å². The Hall–Kier alpha value is -2.15. The summed E-state index contributed by atoms with van der Waals surface area (Å²) in [4.78, 5) is 10.7. The molecule has 0 saturated carbocycles. The molecule has 2 rings (SSSR count). The van der Waals surface area contributed by atoms with E-state index < -0.39 is 5.97 Å². The summed E-state index contributed by atoms with van der Waals surface area (Å²) in [5.74, 6) is 0.296. The lowest BCUT2D eigenvalue weighted by molar-refractivity contribution is -0.138. The summed E-state index contributed by atoms with van der Waals surface area (Å²) in [5.41, 5.74) is 0. The number of aliphatic carboxylic acids is 1. The average molecular weight is 311 g/mol. The SMILES string of the molecule is CC(CC(=O)O)Cn1nnnc1COc1ccc(Cl)cc1. The van der Waals surface area contributed by atoms with Crippen molar-refractivity contribution < 1.29 is 14.6 Å². The maximum atomic E-state index is 10.7. The number of hydrogen-bond acceptors (Lipinski definition) is 5. The number of benzene rings is 1. The highest BCUT2D eigenvalue weighted by molar-refractivity contribution is 6.30. The minimum atomic E-state index is -0.838. The zero-order valence-electron chi connectivity index (χ0n) is 11.4. The van der Waals surface area contributed by atoms with Crippen LogP contribution in [0, 0.1) is 5.92 Å². The molecule has 0 bridgehead atoms. The van der Waals surface area contributed by atoms with Crippen molar-refractivity contribution in [3.63, 3.8) is 0 Å². The lowest BCUT2D eigenvalue weighted by Gasteiger charge is -2.10. The molecule has 0 aliphatic heterocycles. The molecule has 21 heavy (non-hydrogen) atoms. The molecule has 0 aliphatic rings. The van der Waals surface area contributed by atoms with Crippen LogP contribution >= 0.6 is 11.6 Å². The Morgan fingerprint density at radius 2 is 2.14 bits per heavy atom. The smallest absolute Gasteiger partial charge is 0.303 e. The summed E-state index contributed by atoms with van der Waals surface area (Å²) in [7, 11) is 0. The molecule has 7 nitrogen and oxygen atoms in total. The molecule has 1 aromatic heterocycles. The zero-order valence-corrected chi connectivity index (χ0v) is 12.2. The van der Waals surface area contributed by atoms with Crippen LogP contribution in [-0.4, -0.2) is 31.3 Å². The first kappa shape index (κ1) is 15.2. The van der Waals surface area contributed by atoms with Gasteiger partial charge in [0.05, 0.1) is 0 Å². The summed E-state index contributed by atoms with van der Waals surface area (Å²) < 4.78 is 7.13. The number of rotatable bonds is 7. The second-order valence-corrected chi connectivity index (χ2v) is 5.16. The van der Waals surface area contributed by atoms with E-state index in [9.17, 15) is 4.79 Å². The van der Waals surface area contributed by atoms with Crippen LogP contribution in [0.5, 0.6) is 5.75 Å². The van der Waals surface area contributed by atoms with Gasteiger partial charge in [0.1, 0.15) is 12.4 Å². The predicted octanol–water partition coefficient (Wildman–Crippen LogP) is 2.02. The van der Waals surface area contributed by atoms with E-state index in [0.717, 1.165) is 0 Å². The third-order valence-electron chi connectivity index (χ3n) is 2.80. The van der Waals surface area contributed by atoms with Crippen molar-refractivity contribution in [3.8, 4) is 5.75 Å². The van der Waals surface area contributed by atoms with Crippen LogP contribution in [0.4, 0.5) is 0 Å². The Morgan fingerprint density at radius 3 is 2.81 bits per heavy atom. The highest BCUT2D eigenvalue weighted by Crippen LogP contribution is 2.16. The Bertz CT molecular complexity index is 600. The number of carbonyl (C=O) groups is 1. The van der Waals surface area contributed by atoms with E-state index in [2.05, 4.69) is 15.5 Å². The molecule has 0 amide bonds. The zero-order chi connectivity index (χ0) is 15.2. The topological polar surface area (TPSA) is 90.1 Å². The van der Waals surface area contributed by atoms with Crippen molar-refractivity contribution in [1.82, 2.24) is 20.2 Å². The van der Waals surface area contributed by atoms with Gasteiger partial charge >= 0.3 is 5.97 Å². The standard InChI is InChI=1S/C13H15ClN4O3/c1-9(6-13(19)20)7-18-12(15-16-17-18)8-21-11-4-2-10(14)3-5-11/h2-5,9H,6-8H2,1H3,(H,19,20). The fourth-order valence-corrected chi connectivity index (χ4v) is 1.93. The van der Waals surface area contributed by atoms with Crippen LogP contribution in [0.15, 0.2) is 24.3 Å². The van der Waals surface area contributed by atoms with E-state index in [-0.39, 0.29) is 18.9 Å². The van der Waals surface area contributed by atoms with Crippen LogP contribution < -0.4 is 4.74 Å². The number of nitrogens with zero attached hydrogens (tertiary/aromatic N) is 4. The Balaban J connectivity index is 1.93. The van der Waals surface area contributed by atoms with E-state index in [4.69, 9.17) is 21.4 Å². The van der Waals surface area contributed by atoms with Crippen molar-refractivity contribution >= 4 is 17.6 Å². The summed E-state index contributed by atoms with van der Waals surface area (Å²) in [5, 5.41) is 20.7. The molecule has 1 aromatic carbocycles. The molecule has 8 heteroatoms. The predicted molar refractivity (Wildman–Crippen MR) is 75.0 cm³/mol. The van der Waals surface area contributed by atoms with Gasteiger partial charge in [-0.05, 0) is 40.6 Å². The molecule has 1 heterocycles. The fraction of sp³-hybridized carbons (Fsp3) is 0.385. The molecule has 0 fully saturated rings. The van der Waals surface area contributed by atoms with Crippen LogP contribution in [0.2, 0.25) is 5.02 Å². The lowest BCUT2D eigenvalue weighted by atomic mass is 10.1. The van der Waals surface area contributed by atoms with Gasteiger partial charge in [0, 0.05) is 18.0 Å². The number of carboxylic acid groups (broad SMARTS) is 1. The second-order valence-electron chi connectivity index (χ2n) is 4.72. The quantitative estimate of drug-likeness (QED) is 0.841. The lowest BCUT2D eigenvalue weighted by Crippen LogP contribution is -2.16. The molecular formula is C13H15ClN4O3. The molecule has 0 aliphatic carbocycles. The molecular weight excluding hydrogens is 296 g/mol. The normalized spacial score (nSPS) is 12.1. The third-order valence-corrected chi connectivity index (χ3v) is 3.05. The van der Waals surface area contributed by atoms with Gasteiger partial charge in [-0.15, -0.1) is 5.10 Å². The Morgan fingerprint density at radius 1 is 1.43 bits per heavy atom. The fourth-order valence-electron chi connectivity index (χ4n) is 1.80. The summed E-state index contributed by atoms with van der Waals surface area (Å²) in [6.45, 7) is 2.46. The summed E-state index contributed by atoms with van der Waals surface area (Å²) in [6.07, 6.45) is 0.0668. The van der Waals surface area contributed by atoms with E-state index in [0.29, 0.717) is 23.1 Å². The molecule has 1 unspecified atom stereocenters. The van der Waals surface area contributed by atoms with Crippen LogP contribution in [0.3, 0.4) is 0 Å². The highest BCUT2D eigenvalue weighted by atomic mass is 35.5. The van der Waals surface area contributed by atoms with Crippen molar-refractivity contribution in [3.05, 3.63) is 35.1 Å². The monoisotopic (exact) mass is 310 g/mol. The third kappa shape index (κ3) is 4.71. The Kier molecular flexibility index (Phi) is 5.10. The van der Waals surface area contributed by atoms with Gasteiger partial charge < -0.3 is 9.84 Å². The molecule has 0 radical (unpaired) electrons. The van der Waals surface area contributed by atoms with E-state index >= 15 is 0 Å². The van der Waals surface area contributed by atoms with Crippen LogP contribution in [-0.2, 0) is 17.9 Å². The van der Waals surface area contributed by atoms with E-state index in [1.807, 2.05) is 6.92 Å². The van der Waals surface area contributed by atoms with Crippen molar-refractivity contribution in [2.45, 2.75) is 26.5 Å². The van der Waals surface area contributed by atoms with Gasteiger partial charge in [-0.25, -0.2) is 4.68 Å². The first-order valence-corrected chi connectivity index (χ1v) is 6.77. The minimum absolute atomic E-state index is 0.0668. The van der Waals surface area contributed by atoms with Crippen molar-refractivity contribution in [2.24, 2.45) is 5.92 Å². The van der Waals surface area contributed by atoms with Gasteiger partial charge in [0.25, 0.3) is 0 Å². The number of hydrogen-bond donors (Lipinski definition) is 1. The minimum Gasteiger partial charge on any atom is -0.486 e. The number of tetrazole rings is 1. The number of halogens is 1. The van der Waals surface area contributed by atoms with Gasteiger partial charge in [-0.2, -0.15) is 0 Å². The van der Waals surface area contributed by atoms with Gasteiger partial charge in [0.15, 0.2) is 5.82 Å². The molecule has 112 valence electrons. The van der Waals surface area contributed by atoms with Crippen LogP contribution in [0.1, 0.15) is 19.2 Å². The van der Waals surface area contributed by atoms with E-state index in [1.54, 1.807) is 28.9 Å². The largest absolute Gasteiger partial charge is 0.486 e. The van der Waals surface area contributed by atoms with Crippen LogP contribution in [0.25, 0.3) is 0 Å². The number of ether oxygens (including phenoxy) is 1. The summed E-state index contributed by atoms with van der Waals surface area (Å²) >= 11 is 5.80. The maximum Gasteiger partial charge on any atom is 0.303 e. The van der Waals surface area contributed by atoms with E-state index in [1.165, 1.54) is 0 Å². The molecule has 0 saturated heterocycles. The molecule has 1 N–H and O–H groups in total. The second kappa shape index (κ2) is 7.03. The summed E-state index contributed by atoms with van der Waals surface area (Å²) in [6, 6.07) is 6.97. The average Bonchev–Trinajstić information content (AvgIpc) is 2.84. The first-order chi connectivity index (χ1) is 10.0. The molecule has 2 aromatic rings. The van der Waals surface area contributed by atoms with Crippen molar-refractivity contribution in [1.29, 1.82) is 0 Å². The number of aromatic nitrogens is 4. The maximum absolute atomic E-state index is 10.7. The molecule has 1 atom stereocenters. The highest BCUT2D eigenvalue weighted by Gasteiger charge is 2.13. The van der Waals surface area contributed by atoms with Crippen molar-refractivity contribution in [2.75, 3.05) is 0 Å². The van der Waals surface area contributed by atoms with Gasteiger partial charge in [0.2, 0.25) is 0 Å². The number of carboxylic acids is 1. The molecule has 0 spiro atoms. The van der Waals surface area contributed by atoms with Gasteiger partial charge in [-0.3, -0.25) is 4.79 Å². The Labute approximate surface area is 126 Å².